The zero-order chi connectivity index (χ0) is 18.0. The fourth-order valence-electron chi connectivity index (χ4n) is 4.64. The quantitative estimate of drug-likeness (QED) is 0.890. The highest BCUT2D eigenvalue weighted by atomic mass is 16.5. The van der Waals surface area contributed by atoms with E-state index in [0.717, 1.165) is 44.6 Å². The lowest BCUT2D eigenvalue weighted by atomic mass is 9.78. The second-order valence-corrected chi connectivity index (χ2v) is 8.09. The number of hydrogen-bond acceptors (Lipinski definition) is 5. The SMILES string of the molecule is Cc1ccc(C2(c3noc(CN4CCC[C@H](CO)C4)n3)CCCC2)cc1. The molecule has 1 saturated carbocycles. The maximum absolute atomic E-state index is 9.42. The molecule has 1 atom stereocenters. The molecule has 5 heteroatoms. The fraction of sp³-hybridized carbons (Fsp3) is 0.619. The molecule has 4 rings (SSSR count). The fourth-order valence-corrected chi connectivity index (χ4v) is 4.64. The summed E-state index contributed by atoms with van der Waals surface area (Å²) in [6.07, 6.45) is 6.83. The topological polar surface area (TPSA) is 62.4 Å². The van der Waals surface area contributed by atoms with Gasteiger partial charge in [0.25, 0.3) is 0 Å². The van der Waals surface area contributed by atoms with Gasteiger partial charge in [0.2, 0.25) is 5.89 Å². The van der Waals surface area contributed by atoms with E-state index >= 15 is 0 Å². The Balaban J connectivity index is 1.54. The first-order chi connectivity index (χ1) is 12.7. The van der Waals surface area contributed by atoms with Gasteiger partial charge in [0, 0.05) is 13.2 Å². The minimum absolute atomic E-state index is 0.0923. The smallest absolute Gasteiger partial charge is 0.240 e. The summed E-state index contributed by atoms with van der Waals surface area (Å²) in [4.78, 5) is 7.15. The number of aryl methyl sites for hydroxylation is 1. The number of piperidine rings is 1. The molecule has 1 N–H and O–H groups in total. The van der Waals surface area contributed by atoms with Crippen LogP contribution >= 0.6 is 0 Å². The molecule has 1 aromatic carbocycles. The van der Waals surface area contributed by atoms with E-state index in [1.807, 2.05) is 0 Å². The van der Waals surface area contributed by atoms with Crippen molar-refractivity contribution < 1.29 is 9.63 Å². The number of aliphatic hydroxyl groups is 1. The first-order valence-electron chi connectivity index (χ1n) is 9.93. The number of benzene rings is 1. The van der Waals surface area contributed by atoms with Crippen molar-refractivity contribution in [3.05, 3.63) is 47.1 Å². The van der Waals surface area contributed by atoms with Gasteiger partial charge in [-0.25, -0.2) is 0 Å². The van der Waals surface area contributed by atoms with Gasteiger partial charge < -0.3 is 9.63 Å². The van der Waals surface area contributed by atoms with Crippen LogP contribution in [-0.4, -0.2) is 39.8 Å². The Kier molecular flexibility index (Phi) is 5.09. The summed E-state index contributed by atoms with van der Waals surface area (Å²) in [7, 11) is 0. The highest BCUT2D eigenvalue weighted by Gasteiger charge is 2.41. The molecule has 0 radical (unpaired) electrons. The molecule has 0 amide bonds. The Bertz CT molecular complexity index is 719. The summed E-state index contributed by atoms with van der Waals surface area (Å²) in [5.74, 6) is 1.93. The molecule has 2 aromatic rings. The summed E-state index contributed by atoms with van der Waals surface area (Å²) in [6, 6.07) is 8.82. The van der Waals surface area contributed by atoms with E-state index in [0.29, 0.717) is 18.4 Å². The molecule has 1 saturated heterocycles. The normalized spacial score (nSPS) is 23.4. The highest BCUT2D eigenvalue weighted by molar-refractivity contribution is 5.35. The zero-order valence-corrected chi connectivity index (χ0v) is 15.7. The summed E-state index contributed by atoms with van der Waals surface area (Å²) in [6.45, 7) is 5.03. The largest absolute Gasteiger partial charge is 0.396 e. The molecular formula is C21H29N3O2. The van der Waals surface area contributed by atoms with Crippen LogP contribution in [0.2, 0.25) is 0 Å². The molecule has 5 nitrogen and oxygen atoms in total. The van der Waals surface area contributed by atoms with Gasteiger partial charge in [0.1, 0.15) is 0 Å². The van der Waals surface area contributed by atoms with Crippen molar-refractivity contribution in [3.8, 4) is 0 Å². The Hall–Kier alpha value is -1.72. The van der Waals surface area contributed by atoms with E-state index in [1.54, 1.807) is 0 Å². The van der Waals surface area contributed by atoms with Crippen LogP contribution in [0.4, 0.5) is 0 Å². The molecule has 0 bridgehead atoms. The van der Waals surface area contributed by atoms with E-state index in [4.69, 9.17) is 9.51 Å². The van der Waals surface area contributed by atoms with Crippen molar-refractivity contribution in [2.45, 2.75) is 57.4 Å². The average Bonchev–Trinajstić information content (AvgIpc) is 3.33. The maximum atomic E-state index is 9.42. The molecule has 0 spiro atoms. The molecular weight excluding hydrogens is 326 g/mol. The van der Waals surface area contributed by atoms with Gasteiger partial charge in [0.05, 0.1) is 12.0 Å². The average molecular weight is 355 g/mol. The van der Waals surface area contributed by atoms with Crippen LogP contribution in [0.25, 0.3) is 0 Å². The second kappa shape index (κ2) is 7.49. The van der Waals surface area contributed by atoms with Crippen LogP contribution in [0.15, 0.2) is 28.8 Å². The summed E-state index contributed by atoms with van der Waals surface area (Å²) in [5.41, 5.74) is 2.50. The van der Waals surface area contributed by atoms with Crippen molar-refractivity contribution in [2.24, 2.45) is 5.92 Å². The number of rotatable bonds is 5. The number of aliphatic hydroxyl groups excluding tert-OH is 1. The Morgan fingerprint density at radius 3 is 2.69 bits per heavy atom. The first-order valence-corrected chi connectivity index (χ1v) is 9.93. The number of nitrogens with zero attached hydrogens (tertiary/aromatic N) is 3. The van der Waals surface area contributed by atoms with Crippen molar-refractivity contribution in [3.63, 3.8) is 0 Å². The van der Waals surface area contributed by atoms with Gasteiger partial charge in [-0.3, -0.25) is 4.90 Å². The van der Waals surface area contributed by atoms with Crippen molar-refractivity contribution in [1.82, 2.24) is 15.0 Å². The molecule has 1 aromatic heterocycles. The lowest BCUT2D eigenvalue weighted by molar-refractivity contribution is 0.107. The van der Waals surface area contributed by atoms with Crippen LogP contribution in [0.3, 0.4) is 0 Å². The highest BCUT2D eigenvalue weighted by Crippen LogP contribution is 2.45. The van der Waals surface area contributed by atoms with E-state index in [1.165, 1.54) is 24.0 Å². The van der Waals surface area contributed by atoms with Crippen LogP contribution in [0, 0.1) is 12.8 Å². The third-order valence-corrected chi connectivity index (χ3v) is 6.18. The van der Waals surface area contributed by atoms with Gasteiger partial charge in [0.15, 0.2) is 5.82 Å². The first kappa shape index (κ1) is 17.7. The predicted octanol–water partition coefficient (Wildman–Crippen LogP) is 3.44. The van der Waals surface area contributed by atoms with Gasteiger partial charge in [-0.05, 0) is 50.6 Å². The van der Waals surface area contributed by atoms with Crippen LogP contribution in [-0.2, 0) is 12.0 Å². The van der Waals surface area contributed by atoms with E-state index in [9.17, 15) is 5.11 Å². The van der Waals surface area contributed by atoms with Gasteiger partial charge in [-0.2, -0.15) is 4.98 Å². The summed E-state index contributed by atoms with van der Waals surface area (Å²) >= 11 is 0. The maximum Gasteiger partial charge on any atom is 0.240 e. The Morgan fingerprint density at radius 1 is 1.19 bits per heavy atom. The number of likely N-dealkylation sites (tertiary alicyclic amines) is 1. The minimum atomic E-state index is -0.0923. The van der Waals surface area contributed by atoms with Crippen LogP contribution < -0.4 is 0 Å². The van der Waals surface area contributed by atoms with Crippen LogP contribution in [0.5, 0.6) is 0 Å². The summed E-state index contributed by atoms with van der Waals surface area (Å²) < 4.78 is 5.65. The molecule has 26 heavy (non-hydrogen) atoms. The summed E-state index contributed by atoms with van der Waals surface area (Å²) in [5, 5.41) is 13.8. The zero-order valence-electron chi connectivity index (χ0n) is 15.7. The lowest BCUT2D eigenvalue weighted by Gasteiger charge is -2.30. The molecule has 2 heterocycles. The molecule has 0 unspecified atom stereocenters. The number of aromatic nitrogens is 2. The molecule has 1 aliphatic heterocycles. The van der Waals surface area contributed by atoms with Gasteiger partial charge in [-0.1, -0.05) is 47.8 Å². The molecule has 1 aliphatic carbocycles. The lowest BCUT2D eigenvalue weighted by Crippen LogP contribution is -2.36. The van der Waals surface area contributed by atoms with Gasteiger partial charge >= 0.3 is 0 Å². The van der Waals surface area contributed by atoms with Crippen molar-refractivity contribution in [2.75, 3.05) is 19.7 Å². The Labute approximate surface area is 155 Å². The molecule has 140 valence electrons. The van der Waals surface area contributed by atoms with E-state index < -0.39 is 0 Å². The van der Waals surface area contributed by atoms with Crippen molar-refractivity contribution in [1.29, 1.82) is 0 Å². The number of hydrogen-bond donors (Lipinski definition) is 1. The molecule has 2 aliphatic rings. The van der Waals surface area contributed by atoms with E-state index in [2.05, 4.69) is 41.2 Å². The third-order valence-electron chi connectivity index (χ3n) is 6.18. The predicted molar refractivity (Wildman–Crippen MR) is 99.8 cm³/mol. The van der Waals surface area contributed by atoms with E-state index in [-0.39, 0.29) is 12.0 Å². The standard InChI is InChI=1S/C21H29N3O2/c1-16-6-8-18(9-7-16)21(10-2-3-11-21)20-22-19(26-23-20)14-24-12-4-5-17(13-24)15-25/h6-9,17,25H,2-5,10-15H2,1H3/t17-/m0/s1. The van der Waals surface area contributed by atoms with Crippen LogP contribution in [0.1, 0.15) is 61.4 Å². The second-order valence-electron chi connectivity index (χ2n) is 8.09. The molecule has 2 fully saturated rings. The third kappa shape index (κ3) is 3.42. The Morgan fingerprint density at radius 2 is 1.96 bits per heavy atom. The minimum Gasteiger partial charge on any atom is -0.396 e. The van der Waals surface area contributed by atoms with Gasteiger partial charge in [-0.15, -0.1) is 0 Å². The monoisotopic (exact) mass is 355 g/mol. The van der Waals surface area contributed by atoms with Crippen molar-refractivity contribution >= 4 is 0 Å².